The lowest BCUT2D eigenvalue weighted by Gasteiger charge is -2.26. The third-order valence-electron chi connectivity index (χ3n) is 5.36. The Labute approximate surface area is 197 Å². The van der Waals surface area contributed by atoms with Crippen molar-refractivity contribution in [3.8, 4) is 5.75 Å². The lowest BCUT2D eigenvalue weighted by atomic mass is 10.1. The molecule has 0 radical (unpaired) electrons. The van der Waals surface area contributed by atoms with E-state index in [1.54, 1.807) is 18.2 Å². The topological polar surface area (TPSA) is 108 Å². The van der Waals surface area contributed by atoms with Crippen LogP contribution in [0.15, 0.2) is 45.8 Å². The van der Waals surface area contributed by atoms with Crippen LogP contribution >= 0.6 is 15.9 Å². The number of hydrogen-bond acceptors (Lipinski definition) is 6. The first-order valence-electron chi connectivity index (χ1n) is 10.5. The van der Waals surface area contributed by atoms with Gasteiger partial charge in [0.05, 0.1) is 23.0 Å². The first-order chi connectivity index (χ1) is 15.3. The van der Waals surface area contributed by atoms with Crippen molar-refractivity contribution in [3.63, 3.8) is 0 Å². The van der Waals surface area contributed by atoms with Crippen molar-refractivity contribution >= 4 is 43.3 Å². The summed E-state index contributed by atoms with van der Waals surface area (Å²) in [4.78, 5) is 14.3. The van der Waals surface area contributed by atoms with E-state index < -0.39 is 16.0 Å². The van der Waals surface area contributed by atoms with Gasteiger partial charge in [0.15, 0.2) is 0 Å². The average Bonchev–Trinajstić information content (AvgIpc) is 2.78. The Balaban J connectivity index is 1.76. The Morgan fingerprint density at radius 1 is 1.12 bits per heavy atom. The number of halogens is 1. The highest BCUT2D eigenvalue weighted by atomic mass is 79.9. The number of nitrogens with zero attached hydrogens (tertiary/aromatic N) is 1. The number of ether oxygens (including phenoxy) is 1. The fraction of sp³-hybridized carbons (Fsp3) is 0.409. The molecule has 1 aliphatic rings. The molecule has 3 rings (SSSR count). The zero-order chi connectivity index (χ0) is 23.1. The van der Waals surface area contributed by atoms with Crippen LogP contribution in [-0.2, 0) is 10.0 Å². The van der Waals surface area contributed by atoms with E-state index in [-0.39, 0.29) is 21.9 Å². The highest BCUT2D eigenvalue weighted by Crippen LogP contribution is 2.35. The molecular weight excluding hydrogens is 498 g/mol. The second kappa shape index (κ2) is 11.0. The number of benzene rings is 2. The van der Waals surface area contributed by atoms with Gasteiger partial charge < -0.3 is 20.1 Å². The van der Waals surface area contributed by atoms with Gasteiger partial charge in [0.25, 0.3) is 10.0 Å². The number of aromatic carboxylic acids is 1. The largest absolute Gasteiger partial charge is 0.495 e. The number of carboxylic acid groups (broad SMARTS) is 1. The van der Waals surface area contributed by atoms with Crippen LogP contribution in [0.4, 0.5) is 11.4 Å². The van der Waals surface area contributed by atoms with Crippen molar-refractivity contribution in [1.82, 2.24) is 4.90 Å². The van der Waals surface area contributed by atoms with Gasteiger partial charge in [0.2, 0.25) is 0 Å². The Morgan fingerprint density at radius 2 is 1.84 bits per heavy atom. The fourth-order valence-corrected chi connectivity index (χ4v) is 5.56. The molecule has 0 aliphatic carbocycles. The maximum Gasteiger partial charge on any atom is 0.341 e. The van der Waals surface area contributed by atoms with Crippen molar-refractivity contribution in [2.45, 2.75) is 30.6 Å². The summed E-state index contributed by atoms with van der Waals surface area (Å²) in [5.41, 5.74) is 0.134. The van der Waals surface area contributed by atoms with Crippen molar-refractivity contribution in [3.05, 3.63) is 46.4 Å². The number of hydrogen-bond donors (Lipinski definition) is 3. The molecule has 2 aromatic carbocycles. The number of piperidine rings is 1. The van der Waals surface area contributed by atoms with E-state index in [4.69, 9.17) is 4.74 Å². The first kappa shape index (κ1) is 24.3. The minimum atomic E-state index is -4.05. The summed E-state index contributed by atoms with van der Waals surface area (Å²) in [6.07, 6.45) is 4.66. The van der Waals surface area contributed by atoms with Gasteiger partial charge in [0.1, 0.15) is 16.2 Å². The number of para-hydroxylation sites is 1. The molecule has 0 unspecified atom stereocenters. The number of likely N-dealkylation sites (tertiary alicyclic amines) is 1. The second-order valence-electron chi connectivity index (χ2n) is 7.59. The molecule has 0 amide bonds. The fourth-order valence-electron chi connectivity index (χ4n) is 3.81. The molecule has 0 atom stereocenters. The van der Waals surface area contributed by atoms with Crippen LogP contribution in [-0.4, -0.2) is 57.7 Å². The van der Waals surface area contributed by atoms with E-state index in [1.807, 2.05) is 0 Å². The summed E-state index contributed by atoms with van der Waals surface area (Å²) < 4.78 is 34.3. The molecule has 1 saturated heterocycles. The Hall–Kier alpha value is -2.30. The number of sulfonamides is 1. The van der Waals surface area contributed by atoms with Gasteiger partial charge in [-0.05, 0) is 79.1 Å². The summed E-state index contributed by atoms with van der Waals surface area (Å²) in [6, 6.07) is 9.52. The van der Waals surface area contributed by atoms with Gasteiger partial charge in [-0.15, -0.1) is 0 Å². The molecular formula is C22H28BrN3O5S. The third kappa shape index (κ3) is 5.93. The molecule has 10 heteroatoms. The van der Waals surface area contributed by atoms with Crippen LogP contribution in [0.25, 0.3) is 0 Å². The van der Waals surface area contributed by atoms with Crippen molar-refractivity contribution in [2.75, 3.05) is 43.3 Å². The Kier molecular flexibility index (Phi) is 8.38. The standard InChI is InChI=1S/C22H28BrN3O5S/c1-31-21-16(23)10-11-18(20(21)22(27)28)25-32(29,30)19-9-4-3-8-17(19)24-12-7-15-26-13-5-2-6-14-26/h3-4,8-11,24-25H,2,5-7,12-15H2,1H3,(H,27,28). The SMILES string of the molecule is COc1c(Br)ccc(NS(=O)(=O)c2ccccc2NCCCN2CCCCC2)c1C(=O)O. The van der Waals surface area contributed by atoms with Crippen molar-refractivity contribution in [1.29, 1.82) is 0 Å². The predicted molar refractivity (Wildman–Crippen MR) is 128 cm³/mol. The molecule has 0 spiro atoms. The van der Waals surface area contributed by atoms with Crippen LogP contribution in [0, 0.1) is 0 Å². The van der Waals surface area contributed by atoms with E-state index in [0.717, 1.165) is 26.1 Å². The zero-order valence-corrected chi connectivity index (χ0v) is 20.3. The number of carbonyl (C=O) groups is 1. The molecule has 2 aromatic rings. The van der Waals surface area contributed by atoms with E-state index >= 15 is 0 Å². The van der Waals surface area contributed by atoms with Crippen LogP contribution < -0.4 is 14.8 Å². The number of rotatable bonds is 10. The quantitative estimate of drug-likeness (QED) is 0.398. The lowest BCUT2D eigenvalue weighted by Crippen LogP contribution is -2.31. The number of anilines is 2. The molecule has 32 heavy (non-hydrogen) atoms. The van der Waals surface area contributed by atoms with Crippen LogP contribution in [0.3, 0.4) is 0 Å². The van der Waals surface area contributed by atoms with Gasteiger partial charge >= 0.3 is 5.97 Å². The van der Waals surface area contributed by atoms with E-state index in [1.165, 1.54) is 44.6 Å². The molecule has 0 bridgehead atoms. The monoisotopic (exact) mass is 525 g/mol. The maximum absolute atomic E-state index is 13.2. The first-order valence-corrected chi connectivity index (χ1v) is 12.8. The third-order valence-corrected chi connectivity index (χ3v) is 7.41. The van der Waals surface area contributed by atoms with Gasteiger partial charge in [-0.3, -0.25) is 4.72 Å². The molecule has 1 fully saturated rings. The lowest BCUT2D eigenvalue weighted by molar-refractivity contribution is 0.0694. The summed E-state index contributed by atoms with van der Waals surface area (Å²) in [6.45, 7) is 3.85. The highest BCUT2D eigenvalue weighted by Gasteiger charge is 2.25. The van der Waals surface area contributed by atoms with E-state index in [9.17, 15) is 18.3 Å². The average molecular weight is 526 g/mol. The van der Waals surface area contributed by atoms with E-state index in [2.05, 4.69) is 30.9 Å². The highest BCUT2D eigenvalue weighted by molar-refractivity contribution is 9.10. The minimum Gasteiger partial charge on any atom is -0.495 e. The van der Waals surface area contributed by atoms with E-state index in [0.29, 0.717) is 16.7 Å². The smallest absolute Gasteiger partial charge is 0.341 e. The molecule has 174 valence electrons. The van der Waals surface area contributed by atoms with Gasteiger partial charge in [-0.1, -0.05) is 18.6 Å². The summed E-state index contributed by atoms with van der Waals surface area (Å²) >= 11 is 3.23. The van der Waals surface area contributed by atoms with Gasteiger partial charge in [0, 0.05) is 6.54 Å². The summed E-state index contributed by atoms with van der Waals surface area (Å²) in [5, 5.41) is 12.8. The summed E-state index contributed by atoms with van der Waals surface area (Å²) in [7, 11) is -2.73. The maximum atomic E-state index is 13.2. The molecule has 8 nitrogen and oxygen atoms in total. The van der Waals surface area contributed by atoms with Gasteiger partial charge in [-0.2, -0.15) is 0 Å². The van der Waals surface area contributed by atoms with Crippen molar-refractivity contribution < 1.29 is 23.1 Å². The predicted octanol–water partition coefficient (Wildman–Crippen LogP) is 4.24. The Morgan fingerprint density at radius 3 is 2.53 bits per heavy atom. The van der Waals surface area contributed by atoms with Gasteiger partial charge in [-0.25, -0.2) is 13.2 Å². The molecule has 0 aromatic heterocycles. The van der Waals surface area contributed by atoms with Crippen molar-refractivity contribution in [2.24, 2.45) is 0 Å². The number of nitrogens with one attached hydrogen (secondary N) is 2. The molecule has 1 heterocycles. The zero-order valence-electron chi connectivity index (χ0n) is 17.9. The minimum absolute atomic E-state index is 0.0434. The molecule has 1 aliphatic heterocycles. The number of carboxylic acids is 1. The van der Waals surface area contributed by atoms with Crippen LogP contribution in [0.1, 0.15) is 36.0 Å². The van der Waals surface area contributed by atoms with Crippen LogP contribution in [0.5, 0.6) is 5.75 Å². The number of methoxy groups -OCH3 is 1. The molecule has 3 N–H and O–H groups in total. The second-order valence-corrected chi connectivity index (χ2v) is 10.1. The Bertz CT molecular complexity index is 1060. The molecule has 0 saturated carbocycles. The van der Waals surface area contributed by atoms with Crippen LogP contribution in [0.2, 0.25) is 0 Å². The summed E-state index contributed by atoms with van der Waals surface area (Å²) in [5.74, 6) is -1.26. The normalized spacial score (nSPS) is 14.7.